The highest BCUT2D eigenvalue weighted by atomic mass is 16.2. The lowest BCUT2D eigenvalue weighted by atomic mass is 10.1. The van der Waals surface area contributed by atoms with Crippen LogP contribution in [0, 0.1) is 0 Å². The van der Waals surface area contributed by atoms with E-state index in [1.807, 2.05) is 0 Å². The minimum atomic E-state index is 0.360. The van der Waals surface area contributed by atoms with Crippen LogP contribution in [-0.4, -0.2) is 60.5 Å². The second kappa shape index (κ2) is 6.53. The number of nitrogens with one attached hydrogen (secondary N) is 1. The number of nitrogens with zero attached hydrogens (tertiary/aromatic N) is 2. The van der Waals surface area contributed by atoms with Crippen LogP contribution < -0.4 is 5.32 Å². The van der Waals surface area contributed by atoms with Crippen molar-refractivity contribution in [3.05, 3.63) is 0 Å². The summed E-state index contributed by atoms with van der Waals surface area (Å²) in [5.41, 5.74) is 0. The van der Waals surface area contributed by atoms with Crippen LogP contribution in [0.2, 0.25) is 0 Å². The van der Waals surface area contributed by atoms with E-state index in [0.29, 0.717) is 18.0 Å². The first-order valence-electron chi connectivity index (χ1n) is 7.51. The summed E-state index contributed by atoms with van der Waals surface area (Å²) in [7, 11) is 0. The average Bonchev–Trinajstić information content (AvgIpc) is 2.95. The van der Waals surface area contributed by atoms with E-state index in [1.165, 1.54) is 19.3 Å². The van der Waals surface area contributed by atoms with Gasteiger partial charge in [-0.3, -0.25) is 4.79 Å². The molecule has 0 aromatic rings. The Hall–Kier alpha value is -0.610. The molecule has 2 unspecified atom stereocenters. The van der Waals surface area contributed by atoms with Crippen LogP contribution in [0.5, 0.6) is 0 Å². The standard InChI is InChI=1S/C14H27N3O/c1-3-16(4-2)9-6-8-15-12-11-14(18)17-10-5-7-13(12)17/h12-13,15H,3-11H2,1-2H3. The molecule has 0 saturated carbocycles. The van der Waals surface area contributed by atoms with Gasteiger partial charge < -0.3 is 15.1 Å². The van der Waals surface area contributed by atoms with Gasteiger partial charge in [-0.1, -0.05) is 13.8 Å². The molecule has 2 rings (SSSR count). The Labute approximate surface area is 111 Å². The number of rotatable bonds is 7. The molecular weight excluding hydrogens is 226 g/mol. The molecule has 0 aromatic carbocycles. The van der Waals surface area contributed by atoms with E-state index in [0.717, 1.165) is 39.1 Å². The fourth-order valence-corrected chi connectivity index (χ4v) is 3.30. The zero-order valence-corrected chi connectivity index (χ0v) is 11.8. The Morgan fingerprint density at radius 3 is 2.89 bits per heavy atom. The Kier molecular flexibility index (Phi) is 5.01. The molecular formula is C14H27N3O. The normalized spacial score (nSPS) is 27.3. The van der Waals surface area contributed by atoms with Crippen molar-refractivity contribution in [3.63, 3.8) is 0 Å². The molecule has 2 aliphatic rings. The molecule has 4 nitrogen and oxygen atoms in total. The van der Waals surface area contributed by atoms with E-state index in [9.17, 15) is 4.79 Å². The summed E-state index contributed by atoms with van der Waals surface area (Å²) in [5.74, 6) is 0.360. The van der Waals surface area contributed by atoms with Crippen LogP contribution in [0.3, 0.4) is 0 Å². The maximum atomic E-state index is 11.8. The van der Waals surface area contributed by atoms with Gasteiger partial charge in [-0.15, -0.1) is 0 Å². The summed E-state index contributed by atoms with van der Waals surface area (Å²) in [6.45, 7) is 9.88. The van der Waals surface area contributed by atoms with Crippen molar-refractivity contribution in [3.8, 4) is 0 Å². The van der Waals surface area contributed by atoms with Gasteiger partial charge >= 0.3 is 0 Å². The molecule has 1 amide bonds. The topological polar surface area (TPSA) is 35.6 Å². The molecule has 2 heterocycles. The summed E-state index contributed by atoms with van der Waals surface area (Å²) >= 11 is 0. The molecule has 0 radical (unpaired) electrons. The van der Waals surface area contributed by atoms with E-state index >= 15 is 0 Å². The molecule has 18 heavy (non-hydrogen) atoms. The van der Waals surface area contributed by atoms with Crippen molar-refractivity contribution >= 4 is 5.91 Å². The fraction of sp³-hybridized carbons (Fsp3) is 0.929. The first-order valence-corrected chi connectivity index (χ1v) is 7.51. The molecule has 104 valence electrons. The van der Waals surface area contributed by atoms with Gasteiger partial charge in [0.25, 0.3) is 0 Å². The van der Waals surface area contributed by atoms with E-state index < -0.39 is 0 Å². The Bertz CT molecular complexity index is 278. The van der Waals surface area contributed by atoms with Crippen molar-refractivity contribution in [2.24, 2.45) is 0 Å². The smallest absolute Gasteiger partial charge is 0.224 e. The lowest BCUT2D eigenvalue weighted by molar-refractivity contribution is -0.127. The molecule has 2 aliphatic heterocycles. The summed E-state index contributed by atoms with van der Waals surface area (Å²) in [5, 5.41) is 3.60. The summed E-state index contributed by atoms with van der Waals surface area (Å²) in [4.78, 5) is 16.3. The van der Waals surface area contributed by atoms with Crippen LogP contribution in [0.15, 0.2) is 0 Å². The Balaban J connectivity index is 1.66. The van der Waals surface area contributed by atoms with Crippen LogP contribution in [-0.2, 0) is 4.79 Å². The number of carbonyl (C=O) groups excluding carboxylic acids is 1. The zero-order valence-electron chi connectivity index (χ0n) is 11.8. The molecule has 0 spiro atoms. The van der Waals surface area contributed by atoms with Gasteiger partial charge in [0.15, 0.2) is 0 Å². The van der Waals surface area contributed by atoms with Crippen LogP contribution in [0.4, 0.5) is 0 Å². The second-order valence-corrected chi connectivity index (χ2v) is 5.44. The highest BCUT2D eigenvalue weighted by Gasteiger charge is 2.41. The number of hydrogen-bond donors (Lipinski definition) is 1. The second-order valence-electron chi connectivity index (χ2n) is 5.44. The zero-order chi connectivity index (χ0) is 13.0. The Morgan fingerprint density at radius 1 is 1.39 bits per heavy atom. The number of amides is 1. The van der Waals surface area contributed by atoms with Crippen molar-refractivity contribution in [2.75, 3.05) is 32.7 Å². The monoisotopic (exact) mass is 253 g/mol. The minimum absolute atomic E-state index is 0.360. The number of carbonyl (C=O) groups is 1. The average molecular weight is 253 g/mol. The first-order chi connectivity index (χ1) is 8.76. The molecule has 1 N–H and O–H groups in total. The highest BCUT2D eigenvalue weighted by molar-refractivity contribution is 5.80. The van der Waals surface area contributed by atoms with Gasteiger partial charge in [0.1, 0.15) is 0 Å². The van der Waals surface area contributed by atoms with Gasteiger partial charge in [-0.2, -0.15) is 0 Å². The van der Waals surface area contributed by atoms with Gasteiger partial charge in [-0.05, 0) is 45.4 Å². The van der Waals surface area contributed by atoms with Gasteiger partial charge in [0.2, 0.25) is 5.91 Å². The SMILES string of the molecule is CCN(CC)CCCNC1CC(=O)N2CCCC12. The van der Waals surface area contributed by atoms with Crippen LogP contribution in [0.1, 0.15) is 39.5 Å². The predicted octanol–water partition coefficient (Wildman–Crippen LogP) is 1.07. The third-order valence-corrected chi connectivity index (χ3v) is 4.43. The van der Waals surface area contributed by atoms with E-state index in [4.69, 9.17) is 0 Å². The van der Waals surface area contributed by atoms with Gasteiger partial charge in [0, 0.05) is 25.0 Å². The van der Waals surface area contributed by atoms with Crippen LogP contribution in [0.25, 0.3) is 0 Å². The van der Waals surface area contributed by atoms with Gasteiger partial charge in [-0.25, -0.2) is 0 Å². The van der Waals surface area contributed by atoms with Crippen LogP contribution >= 0.6 is 0 Å². The van der Waals surface area contributed by atoms with E-state index in [2.05, 4.69) is 29.0 Å². The Morgan fingerprint density at radius 2 is 2.17 bits per heavy atom. The molecule has 2 fully saturated rings. The fourth-order valence-electron chi connectivity index (χ4n) is 3.30. The summed E-state index contributed by atoms with van der Waals surface area (Å²) in [6.07, 6.45) is 4.28. The van der Waals surface area contributed by atoms with Crippen molar-refractivity contribution in [1.82, 2.24) is 15.1 Å². The van der Waals surface area contributed by atoms with Gasteiger partial charge in [0.05, 0.1) is 0 Å². The number of hydrogen-bond acceptors (Lipinski definition) is 3. The number of fused-ring (bicyclic) bond motifs is 1. The lowest BCUT2D eigenvalue weighted by Gasteiger charge is -2.22. The van der Waals surface area contributed by atoms with E-state index in [1.54, 1.807) is 0 Å². The molecule has 2 saturated heterocycles. The van der Waals surface area contributed by atoms with Crippen molar-refractivity contribution in [1.29, 1.82) is 0 Å². The highest BCUT2D eigenvalue weighted by Crippen LogP contribution is 2.28. The lowest BCUT2D eigenvalue weighted by Crippen LogP contribution is -2.40. The molecule has 0 bridgehead atoms. The summed E-state index contributed by atoms with van der Waals surface area (Å²) < 4.78 is 0. The predicted molar refractivity (Wildman–Crippen MR) is 73.5 cm³/mol. The third kappa shape index (κ3) is 3.04. The molecule has 0 aliphatic carbocycles. The maximum Gasteiger partial charge on any atom is 0.224 e. The summed E-state index contributed by atoms with van der Waals surface area (Å²) in [6, 6.07) is 0.905. The van der Waals surface area contributed by atoms with Crippen molar-refractivity contribution < 1.29 is 4.79 Å². The maximum absolute atomic E-state index is 11.8. The third-order valence-electron chi connectivity index (χ3n) is 4.43. The first kappa shape index (κ1) is 13.8. The van der Waals surface area contributed by atoms with E-state index in [-0.39, 0.29) is 0 Å². The largest absolute Gasteiger partial charge is 0.338 e. The quantitative estimate of drug-likeness (QED) is 0.690. The molecule has 2 atom stereocenters. The minimum Gasteiger partial charge on any atom is -0.338 e. The van der Waals surface area contributed by atoms with Crippen molar-refractivity contribution in [2.45, 2.75) is 51.6 Å². The molecule has 4 heteroatoms. The molecule has 0 aromatic heterocycles.